The van der Waals surface area contributed by atoms with Crippen LogP contribution in [0, 0.1) is 0 Å². The zero-order valence-electron chi connectivity index (χ0n) is 8.50. The summed E-state index contributed by atoms with van der Waals surface area (Å²) in [7, 11) is 0. The van der Waals surface area contributed by atoms with E-state index in [4.69, 9.17) is 0 Å². The van der Waals surface area contributed by atoms with E-state index < -0.39 is 11.7 Å². The summed E-state index contributed by atoms with van der Waals surface area (Å²) in [6, 6.07) is 8.61. The van der Waals surface area contributed by atoms with E-state index in [1.54, 1.807) is 18.2 Å². The van der Waals surface area contributed by atoms with E-state index in [0.717, 1.165) is 10.5 Å². The molecule has 0 amide bonds. The molecule has 1 aromatic heterocycles. The molecule has 0 aliphatic carbocycles. The first-order valence-corrected chi connectivity index (χ1v) is 5.56. The van der Waals surface area contributed by atoms with Crippen LogP contribution in [0.25, 0.3) is 11.3 Å². The minimum absolute atomic E-state index is 0.0903. The lowest BCUT2D eigenvalue weighted by molar-refractivity contribution is -0.137. The minimum atomic E-state index is -4.37. The van der Waals surface area contributed by atoms with Crippen LogP contribution in [0.2, 0.25) is 0 Å². The second-order valence-electron chi connectivity index (χ2n) is 3.41. The van der Waals surface area contributed by atoms with Crippen molar-refractivity contribution in [2.24, 2.45) is 0 Å². The van der Waals surface area contributed by atoms with Crippen LogP contribution in [0.15, 0.2) is 47.1 Å². The largest absolute Gasteiger partial charge is 0.417 e. The highest BCUT2D eigenvalue weighted by atomic mass is 79.9. The fourth-order valence-corrected chi connectivity index (χ4v) is 1.72. The normalized spacial score (nSPS) is 11.5. The molecule has 1 aromatic carbocycles. The van der Waals surface area contributed by atoms with Crippen molar-refractivity contribution in [1.29, 1.82) is 0 Å². The number of alkyl halides is 3. The Balaban J connectivity index is 2.56. The van der Waals surface area contributed by atoms with Gasteiger partial charge >= 0.3 is 6.18 Å². The van der Waals surface area contributed by atoms with Crippen LogP contribution in [-0.2, 0) is 6.18 Å². The van der Waals surface area contributed by atoms with Gasteiger partial charge in [0.1, 0.15) is 0 Å². The summed E-state index contributed by atoms with van der Waals surface area (Å²) in [5, 5.41) is 0. The Kier molecular flexibility index (Phi) is 3.19. The van der Waals surface area contributed by atoms with Crippen LogP contribution in [0.5, 0.6) is 0 Å². The molecule has 0 saturated carbocycles. The highest BCUT2D eigenvalue weighted by Gasteiger charge is 2.33. The molecule has 0 atom stereocenters. The summed E-state index contributed by atoms with van der Waals surface area (Å²) < 4.78 is 39.1. The monoisotopic (exact) mass is 301 g/mol. The molecule has 2 aromatic rings. The predicted molar refractivity (Wildman–Crippen MR) is 62.4 cm³/mol. The summed E-state index contributed by atoms with van der Waals surface area (Å²) in [6.45, 7) is 0. The minimum Gasteiger partial charge on any atom is -0.255 e. The van der Waals surface area contributed by atoms with E-state index in [0.29, 0.717) is 5.69 Å². The maximum atomic E-state index is 12.8. The van der Waals surface area contributed by atoms with Gasteiger partial charge in [0.15, 0.2) is 0 Å². The molecule has 0 fully saturated rings. The van der Waals surface area contributed by atoms with Crippen molar-refractivity contribution in [1.82, 2.24) is 4.98 Å². The Morgan fingerprint density at radius 3 is 2.29 bits per heavy atom. The predicted octanol–water partition coefficient (Wildman–Crippen LogP) is 4.53. The first-order valence-electron chi connectivity index (χ1n) is 4.76. The molecule has 0 radical (unpaired) electrons. The second-order valence-corrected chi connectivity index (χ2v) is 4.32. The topological polar surface area (TPSA) is 12.9 Å². The first kappa shape index (κ1) is 12.1. The smallest absolute Gasteiger partial charge is 0.255 e. The van der Waals surface area contributed by atoms with E-state index >= 15 is 0 Å². The average molecular weight is 302 g/mol. The Labute approximate surface area is 104 Å². The van der Waals surface area contributed by atoms with Gasteiger partial charge in [0.05, 0.1) is 11.3 Å². The summed E-state index contributed by atoms with van der Waals surface area (Å²) >= 11 is 3.19. The average Bonchev–Trinajstić information content (AvgIpc) is 2.29. The third-order valence-corrected chi connectivity index (χ3v) is 2.70. The van der Waals surface area contributed by atoms with Crippen LogP contribution < -0.4 is 0 Å². The summed E-state index contributed by atoms with van der Waals surface area (Å²) in [5.74, 6) is 0. The molecule has 88 valence electrons. The molecule has 0 N–H and O–H groups in total. The quantitative estimate of drug-likeness (QED) is 0.754. The highest BCUT2D eigenvalue weighted by Crippen LogP contribution is 2.36. The molecular formula is C12H7BrF3N. The lowest BCUT2D eigenvalue weighted by atomic mass is 10.0. The SMILES string of the molecule is FC(F)(F)c1ccccc1-c1ccc(Br)cn1. The van der Waals surface area contributed by atoms with E-state index in [1.165, 1.54) is 18.3 Å². The summed E-state index contributed by atoms with van der Waals surface area (Å²) in [6.07, 6.45) is -2.90. The van der Waals surface area contributed by atoms with Gasteiger partial charge in [-0.05, 0) is 34.1 Å². The standard InChI is InChI=1S/C12H7BrF3N/c13-8-5-6-11(17-7-8)9-3-1-2-4-10(9)12(14,15)16/h1-7H. The Bertz CT molecular complexity index is 520. The van der Waals surface area contributed by atoms with Gasteiger partial charge in [0.2, 0.25) is 0 Å². The van der Waals surface area contributed by atoms with Gasteiger partial charge in [-0.15, -0.1) is 0 Å². The fourth-order valence-electron chi connectivity index (χ4n) is 1.49. The molecule has 0 bridgehead atoms. The Hall–Kier alpha value is -1.36. The molecule has 2 rings (SSSR count). The maximum absolute atomic E-state index is 12.8. The Morgan fingerprint density at radius 2 is 1.71 bits per heavy atom. The van der Waals surface area contributed by atoms with Crippen LogP contribution in [0.1, 0.15) is 5.56 Å². The van der Waals surface area contributed by atoms with E-state index in [-0.39, 0.29) is 5.56 Å². The van der Waals surface area contributed by atoms with Crippen molar-refractivity contribution >= 4 is 15.9 Å². The zero-order valence-corrected chi connectivity index (χ0v) is 10.1. The maximum Gasteiger partial charge on any atom is 0.417 e. The van der Waals surface area contributed by atoms with E-state index in [2.05, 4.69) is 20.9 Å². The van der Waals surface area contributed by atoms with Crippen LogP contribution in [0.4, 0.5) is 13.2 Å². The molecule has 0 saturated heterocycles. The highest BCUT2D eigenvalue weighted by molar-refractivity contribution is 9.10. The summed E-state index contributed by atoms with van der Waals surface area (Å²) in [4.78, 5) is 3.98. The third kappa shape index (κ3) is 2.66. The molecule has 0 aliphatic heterocycles. The van der Waals surface area contributed by atoms with Gasteiger partial charge in [-0.1, -0.05) is 18.2 Å². The molecule has 17 heavy (non-hydrogen) atoms. The molecule has 0 aliphatic rings. The number of nitrogens with zero attached hydrogens (tertiary/aromatic N) is 1. The van der Waals surface area contributed by atoms with Crippen LogP contribution in [0.3, 0.4) is 0 Å². The van der Waals surface area contributed by atoms with Crippen molar-refractivity contribution in [3.63, 3.8) is 0 Å². The van der Waals surface area contributed by atoms with Crippen molar-refractivity contribution in [2.45, 2.75) is 6.18 Å². The lowest BCUT2D eigenvalue weighted by Gasteiger charge is -2.11. The van der Waals surface area contributed by atoms with Crippen LogP contribution >= 0.6 is 15.9 Å². The molecule has 1 nitrogen and oxygen atoms in total. The van der Waals surface area contributed by atoms with E-state index in [1.807, 2.05) is 0 Å². The molecule has 0 unspecified atom stereocenters. The van der Waals surface area contributed by atoms with Crippen molar-refractivity contribution in [3.8, 4) is 11.3 Å². The van der Waals surface area contributed by atoms with Crippen LogP contribution in [-0.4, -0.2) is 4.98 Å². The molecule has 0 spiro atoms. The molecule has 1 heterocycles. The number of hydrogen-bond donors (Lipinski definition) is 0. The van der Waals surface area contributed by atoms with Gasteiger partial charge < -0.3 is 0 Å². The second kappa shape index (κ2) is 4.49. The number of halogens is 4. The molecular weight excluding hydrogens is 295 g/mol. The Morgan fingerprint density at radius 1 is 1.00 bits per heavy atom. The van der Waals surface area contributed by atoms with Crippen molar-refractivity contribution in [2.75, 3.05) is 0 Å². The third-order valence-electron chi connectivity index (χ3n) is 2.24. The number of pyridine rings is 1. The number of benzene rings is 1. The van der Waals surface area contributed by atoms with E-state index in [9.17, 15) is 13.2 Å². The van der Waals surface area contributed by atoms with Crippen molar-refractivity contribution in [3.05, 3.63) is 52.6 Å². The van der Waals surface area contributed by atoms with Gasteiger partial charge in [0, 0.05) is 16.2 Å². The zero-order chi connectivity index (χ0) is 12.5. The van der Waals surface area contributed by atoms with Gasteiger partial charge in [-0.3, -0.25) is 4.98 Å². The summed E-state index contributed by atoms with van der Waals surface area (Å²) in [5.41, 5.74) is -0.275. The van der Waals surface area contributed by atoms with Gasteiger partial charge in [-0.2, -0.15) is 13.2 Å². The number of aromatic nitrogens is 1. The number of rotatable bonds is 1. The number of hydrogen-bond acceptors (Lipinski definition) is 1. The van der Waals surface area contributed by atoms with Gasteiger partial charge in [0.25, 0.3) is 0 Å². The van der Waals surface area contributed by atoms with Gasteiger partial charge in [-0.25, -0.2) is 0 Å². The first-order chi connectivity index (χ1) is 7.98. The fraction of sp³-hybridized carbons (Fsp3) is 0.0833. The molecule has 5 heteroatoms. The lowest BCUT2D eigenvalue weighted by Crippen LogP contribution is -2.07. The van der Waals surface area contributed by atoms with Crippen molar-refractivity contribution < 1.29 is 13.2 Å².